The molecule has 1 atom stereocenters. The van der Waals surface area contributed by atoms with Gasteiger partial charge in [-0.1, -0.05) is 29.8 Å². The minimum atomic E-state index is -3.66. The number of aryl methyl sites for hydroxylation is 2. The van der Waals surface area contributed by atoms with Gasteiger partial charge in [0.1, 0.15) is 0 Å². The first kappa shape index (κ1) is 23.3. The summed E-state index contributed by atoms with van der Waals surface area (Å²) < 4.78 is 25.4. The maximum absolute atomic E-state index is 12.3. The first-order valence-corrected chi connectivity index (χ1v) is 11.4. The Morgan fingerprint density at radius 3 is 2.50 bits per heavy atom. The van der Waals surface area contributed by atoms with Crippen LogP contribution in [0, 0.1) is 24.0 Å². The van der Waals surface area contributed by atoms with E-state index in [0.717, 1.165) is 27.3 Å². The van der Waals surface area contributed by atoms with E-state index in [1.54, 1.807) is 0 Å². The van der Waals surface area contributed by atoms with Crippen molar-refractivity contribution in [3.8, 4) is 0 Å². The Morgan fingerprint density at radius 1 is 1.20 bits per heavy atom. The summed E-state index contributed by atoms with van der Waals surface area (Å²) >= 11 is 0. The lowest BCUT2D eigenvalue weighted by Crippen LogP contribution is -2.32. The zero-order chi connectivity index (χ0) is 22.5. The van der Waals surface area contributed by atoms with Crippen LogP contribution in [-0.4, -0.2) is 32.0 Å². The number of amides is 1. The van der Waals surface area contributed by atoms with Crippen LogP contribution in [0.1, 0.15) is 42.5 Å². The third-order valence-electron chi connectivity index (χ3n) is 4.76. The van der Waals surface area contributed by atoms with Crippen molar-refractivity contribution in [2.75, 3.05) is 17.1 Å². The lowest BCUT2D eigenvalue weighted by Gasteiger charge is -2.22. The van der Waals surface area contributed by atoms with E-state index in [1.165, 1.54) is 24.3 Å². The molecular weight excluding hydrogens is 406 g/mol. The second-order valence-electron chi connectivity index (χ2n) is 7.36. The average Bonchev–Trinajstić information content (AvgIpc) is 2.64. The molecule has 1 amide bonds. The largest absolute Gasteiger partial charge is 0.350 e. The molecular formula is C21H27N3O5S. The van der Waals surface area contributed by atoms with E-state index in [9.17, 15) is 23.3 Å². The number of rotatable bonds is 9. The lowest BCUT2D eigenvalue weighted by atomic mass is 10.00. The van der Waals surface area contributed by atoms with Crippen LogP contribution in [-0.2, 0) is 14.8 Å². The highest BCUT2D eigenvalue weighted by Gasteiger charge is 2.20. The maximum Gasteiger partial charge on any atom is 0.271 e. The van der Waals surface area contributed by atoms with Gasteiger partial charge in [-0.25, -0.2) is 8.42 Å². The van der Waals surface area contributed by atoms with E-state index in [0.29, 0.717) is 0 Å². The number of carbonyl (C=O) groups excluding carboxylic acids is 1. The number of hydrogen-bond donors (Lipinski definition) is 1. The molecule has 0 saturated heterocycles. The van der Waals surface area contributed by atoms with Crippen molar-refractivity contribution in [3.05, 3.63) is 69.3 Å². The molecule has 0 bridgehead atoms. The molecule has 9 heteroatoms. The smallest absolute Gasteiger partial charge is 0.271 e. The highest BCUT2D eigenvalue weighted by atomic mass is 32.2. The van der Waals surface area contributed by atoms with E-state index in [-0.39, 0.29) is 42.7 Å². The first-order chi connectivity index (χ1) is 14.0. The summed E-state index contributed by atoms with van der Waals surface area (Å²) in [5.41, 5.74) is 3.29. The molecule has 0 aliphatic heterocycles. The molecule has 1 N–H and O–H groups in total. The average molecular weight is 434 g/mol. The Balaban J connectivity index is 2.00. The highest BCUT2D eigenvalue weighted by molar-refractivity contribution is 7.92. The van der Waals surface area contributed by atoms with Crippen LogP contribution < -0.4 is 9.62 Å². The highest BCUT2D eigenvalue weighted by Crippen LogP contribution is 2.24. The van der Waals surface area contributed by atoms with Gasteiger partial charge in [0.05, 0.1) is 22.9 Å². The van der Waals surface area contributed by atoms with Gasteiger partial charge in [0.15, 0.2) is 0 Å². The maximum atomic E-state index is 12.3. The summed E-state index contributed by atoms with van der Waals surface area (Å²) in [6.45, 7) is 5.95. The SMILES string of the molecule is Cc1ccc([C@H](C)NC(=O)CCCN(c2cccc([N+](=O)[O-])c2)S(C)(=O)=O)c(C)c1. The third-order valence-corrected chi connectivity index (χ3v) is 5.96. The number of nitro groups is 1. The van der Waals surface area contributed by atoms with Crippen LogP contribution in [0.3, 0.4) is 0 Å². The van der Waals surface area contributed by atoms with Crippen molar-refractivity contribution in [1.29, 1.82) is 0 Å². The number of sulfonamides is 1. The molecule has 0 fully saturated rings. The quantitative estimate of drug-likeness (QED) is 0.480. The van der Waals surface area contributed by atoms with Crippen LogP contribution in [0.5, 0.6) is 0 Å². The summed E-state index contributed by atoms with van der Waals surface area (Å²) in [6.07, 6.45) is 1.45. The molecule has 0 spiro atoms. The topological polar surface area (TPSA) is 110 Å². The third kappa shape index (κ3) is 6.28. The van der Waals surface area contributed by atoms with E-state index in [2.05, 4.69) is 11.4 Å². The zero-order valence-electron chi connectivity index (χ0n) is 17.6. The number of carbonyl (C=O) groups is 1. The Morgan fingerprint density at radius 2 is 1.90 bits per heavy atom. The summed E-state index contributed by atoms with van der Waals surface area (Å²) in [5.74, 6) is -0.185. The van der Waals surface area contributed by atoms with Crippen molar-refractivity contribution >= 4 is 27.3 Å². The number of benzene rings is 2. The summed E-state index contributed by atoms with van der Waals surface area (Å²) in [7, 11) is -3.66. The van der Waals surface area contributed by atoms with Gasteiger partial charge in [-0.05, 0) is 44.4 Å². The molecule has 0 saturated carbocycles. The molecule has 2 rings (SSSR count). The van der Waals surface area contributed by atoms with Gasteiger partial charge in [0, 0.05) is 25.1 Å². The number of nitrogens with one attached hydrogen (secondary N) is 1. The number of nitro benzene ring substituents is 1. The molecule has 2 aromatic rings. The molecule has 8 nitrogen and oxygen atoms in total. The predicted molar refractivity (Wildman–Crippen MR) is 117 cm³/mol. The molecule has 0 aliphatic rings. The standard InChI is InChI=1S/C21H27N3O5S/c1-15-10-11-20(16(2)13-15)17(3)22-21(25)9-6-12-23(30(4,28)29)18-7-5-8-19(14-18)24(26)27/h5,7-8,10-11,13-14,17H,6,9,12H2,1-4H3,(H,22,25)/t17-/m0/s1. The van der Waals surface area contributed by atoms with Crippen molar-refractivity contribution < 1.29 is 18.1 Å². The van der Waals surface area contributed by atoms with Gasteiger partial charge in [-0.3, -0.25) is 19.2 Å². The van der Waals surface area contributed by atoms with Gasteiger partial charge in [-0.2, -0.15) is 0 Å². The lowest BCUT2D eigenvalue weighted by molar-refractivity contribution is -0.384. The van der Waals surface area contributed by atoms with Crippen molar-refractivity contribution in [2.24, 2.45) is 0 Å². The van der Waals surface area contributed by atoms with Crippen LogP contribution in [0.15, 0.2) is 42.5 Å². The van der Waals surface area contributed by atoms with Gasteiger partial charge in [-0.15, -0.1) is 0 Å². The molecule has 30 heavy (non-hydrogen) atoms. The molecule has 0 aromatic heterocycles. The van der Waals surface area contributed by atoms with E-state index < -0.39 is 14.9 Å². The van der Waals surface area contributed by atoms with Crippen LogP contribution in [0.25, 0.3) is 0 Å². The zero-order valence-corrected chi connectivity index (χ0v) is 18.4. The predicted octanol–water partition coefficient (Wildman–Crippen LogP) is 3.64. The van der Waals surface area contributed by atoms with Crippen LogP contribution in [0.2, 0.25) is 0 Å². The molecule has 0 radical (unpaired) electrons. The van der Waals surface area contributed by atoms with E-state index in [1.807, 2.05) is 32.9 Å². The Bertz CT molecular complexity index is 1040. The molecule has 2 aromatic carbocycles. The van der Waals surface area contributed by atoms with Gasteiger partial charge < -0.3 is 5.32 Å². The number of nitrogens with zero attached hydrogens (tertiary/aromatic N) is 2. The Hall–Kier alpha value is -2.94. The second-order valence-corrected chi connectivity index (χ2v) is 9.27. The molecule has 162 valence electrons. The Kier molecular flexibility index (Phi) is 7.55. The number of hydrogen-bond acceptors (Lipinski definition) is 5. The van der Waals surface area contributed by atoms with E-state index in [4.69, 9.17) is 0 Å². The summed E-state index contributed by atoms with van der Waals surface area (Å²) in [5, 5.41) is 13.9. The van der Waals surface area contributed by atoms with Gasteiger partial charge in [0.2, 0.25) is 15.9 Å². The fourth-order valence-electron chi connectivity index (χ4n) is 3.33. The summed E-state index contributed by atoms with van der Waals surface area (Å²) in [6, 6.07) is 11.3. The first-order valence-electron chi connectivity index (χ1n) is 9.57. The summed E-state index contributed by atoms with van der Waals surface area (Å²) in [4.78, 5) is 22.7. The molecule has 0 unspecified atom stereocenters. The minimum absolute atomic E-state index is 0.0470. The molecule has 0 aliphatic carbocycles. The number of non-ortho nitro benzene ring substituents is 1. The van der Waals surface area contributed by atoms with Crippen molar-refractivity contribution in [2.45, 2.75) is 39.7 Å². The number of anilines is 1. The molecule has 0 heterocycles. The fourth-order valence-corrected chi connectivity index (χ4v) is 4.29. The van der Waals surface area contributed by atoms with Gasteiger partial charge in [0.25, 0.3) is 5.69 Å². The van der Waals surface area contributed by atoms with Crippen molar-refractivity contribution in [3.63, 3.8) is 0 Å². The normalized spacial score (nSPS) is 12.3. The Labute approximate surface area is 177 Å². The second kappa shape index (κ2) is 9.71. The van der Waals surface area contributed by atoms with Crippen LogP contribution >= 0.6 is 0 Å². The van der Waals surface area contributed by atoms with E-state index >= 15 is 0 Å². The van der Waals surface area contributed by atoms with Crippen LogP contribution in [0.4, 0.5) is 11.4 Å². The van der Waals surface area contributed by atoms with Gasteiger partial charge >= 0.3 is 0 Å². The monoisotopic (exact) mass is 433 g/mol. The van der Waals surface area contributed by atoms with Crippen molar-refractivity contribution in [1.82, 2.24) is 5.32 Å². The fraction of sp³-hybridized carbons (Fsp3) is 0.381. The minimum Gasteiger partial charge on any atom is -0.350 e.